The summed E-state index contributed by atoms with van der Waals surface area (Å²) in [5.41, 5.74) is 3.67. The van der Waals surface area contributed by atoms with Crippen LogP contribution in [0.5, 0.6) is 5.88 Å². The SMILES string of the molecule is Cc1cccc(C)c1-c1cc2nc(n1)NS(=O)(=O)c1cccc(c1)C(=O)NC[C@@H](CC(C)C)O2. The van der Waals surface area contributed by atoms with E-state index < -0.39 is 10.0 Å². The Morgan fingerprint density at radius 3 is 2.47 bits per heavy atom. The molecule has 34 heavy (non-hydrogen) atoms. The maximum absolute atomic E-state index is 13.1. The highest BCUT2D eigenvalue weighted by Gasteiger charge is 2.23. The van der Waals surface area contributed by atoms with E-state index >= 15 is 0 Å². The van der Waals surface area contributed by atoms with Gasteiger partial charge in [-0.05, 0) is 55.5 Å². The zero-order valence-corrected chi connectivity index (χ0v) is 20.4. The first-order valence-corrected chi connectivity index (χ1v) is 12.6. The van der Waals surface area contributed by atoms with E-state index in [4.69, 9.17) is 4.74 Å². The van der Waals surface area contributed by atoms with Crippen molar-refractivity contribution >= 4 is 21.9 Å². The van der Waals surface area contributed by atoms with Crippen LogP contribution in [0.3, 0.4) is 0 Å². The van der Waals surface area contributed by atoms with Crippen LogP contribution in [-0.2, 0) is 10.0 Å². The Morgan fingerprint density at radius 2 is 1.76 bits per heavy atom. The zero-order valence-electron chi connectivity index (χ0n) is 19.6. The maximum atomic E-state index is 13.1. The average Bonchev–Trinajstić information content (AvgIpc) is 2.76. The van der Waals surface area contributed by atoms with Crippen molar-refractivity contribution in [2.24, 2.45) is 5.92 Å². The molecule has 2 N–H and O–H groups in total. The first-order chi connectivity index (χ1) is 16.1. The second-order valence-corrected chi connectivity index (χ2v) is 10.6. The van der Waals surface area contributed by atoms with Crippen molar-refractivity contribution < 1.29 is 17.9 Å². The van der Waals surface area contributed by atoms with Gasteiger partial charge in [-0.15, -0.1) is 0 Å². The predicted octanol–water partition coefficient (Wildman–Crippen LogP) is 4.10. The number of carbonyl (C=O) groups excluding carboxylic acids is 1. The number of amides is 1. The van der Waals surface area contributed by atoms with Crippen LogP contribution in [0.4, 0.5) is 5.95 Å². The molecule has 1 atom stereocenters. The topological polar surface area (TPSA) is 110 Å². The van der Waals surface area contributed by atoms with Gasteiger partial charge in [0.25, 0.3) is 15.9 Å². The third-order valence-corrected chi connectivity index (χ3v) is 6.91. The average molecular weight is 481 g/mol. The zero-order chi connectivity index (χ0) is 24.5. The fraction of sp³-hybridized carbons (Fsp3) is 0.320. The van der Waals surface area contributed by atoms with Crippen LogP contribution >= 0.6 is 0 Å². The van der Waals surface area contributed by atoms with E-state index in [1.807, 2.05) is 32.0 Å². The summed E-state index contributed by atoms with van der Waals surface area (Å²) in [5, 5.41) is 2.86. The van der Waals surface area contributed by atoms with Crippen LogP contribution in [-0.4, -0.2) is 36.9 Å². The third kappa shape index (κ3) is 5.20. The number of hydrogen-bond acceptors (Lipinski definition) is 6. The molecule has 4 rings (SSSR count). The molecule has 2 heterocycles. The maximum Gasteiger partial charge on any atom is 0.264 e. The van der Waals surface area contributed by atoms with E-state index in [0.29, 0.717) is 18.0 Å². The van der Waals surface area contributed by atoms with Crippen LogP contribution in [0.1, 0.15) is 41.8 Å². The molecule has 1 aromatic heterocycles. The lowest BCUT2D eigenvalue weighted by Crippen LogP contribution is -2.36. The summed E-state index contributed by atoms with van der Waals surface area (Å²) in [4.78, 5) is 21.5. The van der Waals surface area contributed by atoms with Gasteiger partial charge in [-0.2, -0.15) is 4.98 Å². The number of benzene rings is 2. The number of aryl methyl sites for hydroxylation is 2. The molecule has 0 fully saturated rings. The number of ether oxygens (including phenoxy) is 1. The number of rotatable bonds is 3. The molecular formula is C25H28N4O4S. The lowest BCUT2D eigenvalue weighted by atomic mass is 10.00. The van der Waals surface area contributed by atoms with Gasteiger partial charge in [0, 0.05) is 17.2 Å². The van der Waals surface area contributed by atoms with E-state index in [-0.39, 0.29) is 40.8 Å². The highest BCUT2D eigenvalue weighted by molar-refractivity contribution is 7.92. The van der Waals surface area contributed by atoms with Crippen molar-refractivity contribution in [3.05, 3.63) is 65.2 Å². The molecule has 0 radical (unpaired) electrons. The molecule has 178 valence electrons. The van der Waals surface area contributed by atoms with Gasteiger partial charge in [0.1, 0.15) is 6.10 Å². The van der Waals surface area contributed by atoms with Crippen molar-refractivity contribution in [1.82, 2.24) is 15.3 Å². The minimum Gasteiger partial charge on any atom is -0.472 e. The van der Waals surface area contributed by atoms with Crippen molar-refractivity contribution in [3.63, 3.8) is 0 Å². The van der Waals surface area contributed by atoms with Gasteiger partial charge in [0.05, 0.1) is 17.1 Å². The van der Waals surface area contributed by atoms with Crippen LogP contribution in [0, 0.1) is 19.8 Å². The Labute approximate surface area is 199 Å². The third-order valence-electron chi connectivity index (χ3n) is 5.58. The molecule has 1 aliphatic rings. The highest BCUT2D eigenvalue weighted by Crippen LogP contribution is 2.30. The van der Waals surface area contributed by atoms with Crippen molar-refractivity contribution in [1.29, 1.82) is 0 Å². The first-order valence-electron chi connectivity index (χ1n) is 11.2. The summed E-state index contributed by atoms with van der Waals surface area (Å²) in [6, 6.07) is 13.5. The largest absolute Gasteiger partial charge is 0.472 e. The lowest BCUT2D eigenvalue weighted by Gasteiger charge is -2.21. The second-order valence-electron chi connectivity index (χ2n) is 8.89. The number of carbonyl (C=O) groups is 1. The number of nitrogens with one attached hydrogen (secondary N) is 2. The molecule has 1 aliphatic heterocycles. The van der Waals surface area contributed by atoms with Crippen LogP contribution in [0.15, 0.2) is 53.4 Å². The van der Waals surface area contributed by atoms with Crippen LogP contribution < -0.4 is 14.8 Å². The van der Waals surface area contributed by atoms with E-state index in [1.54, 1.807) is 12.1 Å². The molecule has 8 nitrogen and oxygen atoms in total. The molecule has 0 unspecified atom stereocenters. The Hall–Kier alpha value is -3.46. The molecule has 1 amide bonds. The first kappa shape index (κ1) is 23.7. The fourth-order valence-corrected chi connectivity index (χ4v) is 5.03. The summed E-state index contributed by atoms with van der Waals surface area (Å²) in [6.45, 7) is 8.33. The standard InChI is InChI=1S/C25H28N4O4S/c1-15(2)11-19-14-26-24(30)18-9-6-10-20(12-18)34(31,32)29-25-27-21(13-22(28-25)33-19)23-16(3)7-5-8-17(23)4/h5-10,12-13,15,19H,11,14H2,1-4H3,(H,26,30)(H,27,28,29)/t19-/m1/s1. The van der Waals surface area contributed by atoms with Gasteiger partial charge in [0.2, 0.25) is 11.8 Å². The Balaban J connectivity index is 1.88. The minimum absolute atomic E-state index is 0.0540. The highest BCUT2D eigenvalue weighted by atomic mass is 32.2. The summed E-state index contributed by atoms with van der Waals surface area (Å²) < 4.78 is 34.9. The number of sulfonamides is 1. The van der Waals surface area contributed by atoms with Gasteiger partial charge in [0.15, 0.2) is 0 Å². The van der Waals surface area contributed by atoms with Crippen molar-refractivity contribution in [2.75, 3.05) is 11.3 Å². The van der Waals surface area contributed by atoms with E-state index in [1.165, 1.54) is 18.2 Å². The fourth-order valence-electron chi connectivity index (χ4n) is 4.04. The van der Waals surface area contributed by atoms with Crippen molar-refractivity contribution in [2.45, 2.75) is 45.1 Å². The molecule has 9 heteroatoms. The molecule has 0 spiro atoms. The Morgan fingerprint density at radius 1 is 1.06 bits per heavy atom. The molecule has 4 bridgehead atoms. The summed E-state index contributed by atoms with van der Waals surface area (Å²) in [7, 11) is -4.04. The number of anilines is 1. The lowest BCUT2D eigenvalue weighted by molar-refractivity contribution is 0.0915. The summed E-state index contributed by atoms with van der Waals surface area (Å²) >= 11 is 0. The quantitative estimate of drug-likeness (QED) is 0.584. The number of hydrogen-bond donors (Lipinski definition) is 2. The van der Waals surface area contributed by atoms with E-state index in [9.17, 15) is 13.2 Å². The van der Waals surface area contributed by atoms with E-state index in [2.05, 4.69) is 33.9 Å². The molecule has 0 aliphatic carbocycles. The monoisotopic (exact) mass is 480 g/mol. The smallest absolute Gasteiger partial charge is 0.264 e. The summed E-state index contributed by atoms with van der Waals surface area (Å²) in [5.74, 6) is 0.0695. The van der Waals surface area contributed by atoms with E-state index in [0.717, 1.165) is 16.7 Å². The van der Waals surface area contributed by atoms with Gasteiger partial charge in [-0.1, -0.05) is 38.1 Å². The minimum atomic E-state index is -4.04. The molecule has 2 aromatic carbocycles. The summed E-state index contributed by atoms with van der Waals surface area (Å²) in [6.07, 6.45) is 0.308. The van der Waals surface area contributed by atoms with Gasteiger partial charge in [-0.3, -0.25) is 4.79 Å². The molecule has 0 saturated carbocycles. The Kier molecular flexibility index (Phi) is 6.56. The molecular weight excluding hydrogens is 452 g/mol. The van der Waals surface area contributed by atoms with Gasteiger partial charge >= 0.3 is 0 Å². The molecule has 3 aromatic rings. The number of nitrogens with zero attached hydrogens (tertiary/aromatic N) is 2. The van der Waals surface area contributed by atoms with Crippen LogP contribution in [0.2, 0.25) is 0 Å². The van der Waals surface area contributed by atoms with Crippen LogP contribution in [0.25, 0.3) is 11.3 Å². The number of fused-ring (bicyclic) bond motifs is 4. The number of aromatic nitrogens is 2. The Bertz CT molecular complexity index is 1320. The van der Waals surface area contributed by atoms with Crippen molar-refractivity contribution in [3.8, 4) is 17.1 Å². The normalized spacial score (nSPS) is 17.4. The van der Waals surface area contributed by atoms with Gasteiger partial charge < -0.3 is 10.1 Å². The second kappa shape index (κ2) is 9.42. The predicted molar refractivity (Wildman–Crippen MR) is 130 cm³/mol. The molecule has 0 saturated heterocycles. The van der Waals surface area contributed by atoms with Gasteiger partial charge in [-0.25, -0.2) is 18.1 Å².